The van der Waals surface area contributed by atoms with E-state index in [1.54, 1.807) is 18.2 Å². The molecule has 0 aromatic heterocycles. The third-order valence-electron chi connectivity index (χ3n) is 3.40. The molecule has 0 aliphatic rings. The van der Waals surface area contributed by atoms with Gasteiger partial charge in [0, 0.05) is 12.6 Å². The van der Waals surface area contributed by atoms with E-state index in [-0.39, 0.29) is 48.5 Å². The van der Waals surface area contributed by atoms with E-state index in [1.165, 1.54) is 14.2 Å². The van der Waals surface area contributed by atoms with Crippen molar-refractivity contribution in [3.05, 3.63) is 53.3 Å². The van der Waals surface area contributed by atoms with Crippen LogP contribution in [0.1, 0.15) is 5.56 Å². The second kappa shape index (κ2) is 10.1. The second-order valence-electron chi connectivity index (χ2n) is 5.08. The number of nitrogens with one attached hydrogen (secondary N) is 1. The van der Waals surface area contributed by atoms with Gasteiger partial charge in [-0.2, -0.15) is 0 Å². The van der Waals surface area contributed by atoms with E-state index in [9.17, 15) is 13.2 Å². The van der Waals surface area contributed by atoms with Crippen molar-refractivity contribution in [3.8, 4) is 11.5 Å². The van der Waals surface area contributed by atoms with Gasteiger partial charge in [-0.1, -0.05) is 0 Å². The molecule has 0 aliphatic carbocycles. The van der Waals surface area contributed by atoms with Crippen molar-refractivity contribution in [1.82, 2.24) is 0 Å². The number of nitrogens with two attached hydrogens (primary N) is 1. The predicted molar refractivity (Wildman–Crippen MR) is 105 cm³/mol. The molecule has 0 saturated carbocycles. The molecule has 26 heavy (non-hydrogen) atoms. The molecule has 0 unspecified atom stereocenters. The second-order valence-corrected chi connectivity index (χ2v) is 5.08. The zero-order valence-electron chi connectivity index (χ0n) is 14.2. The van der Waals surface area contributed by atoms with Crippen LogP contribution >= 0.6 is 24.0 Å². The number of guanidine groups is 1. The number of methoxy groups -OCH3 is 2. The standard InChI is InChI=1S/C17H18F3N3O2.HI/c1-24-11-3-4-15(25-2)14(9-11)23-17(21)22-6-5-10-7-12(18)16(20)13(19)8-10;/h3-4,7-9H,5-6H2,1-2H3,(H3,21,22,23);1H. The van der Waals surface area contributed by atoms with Crippen molar-refractivity contribution < 1.29 is 22.6 Å². The number of aliphatic imine (C=N–C) groups is 1. The quantitative estimate of drug-likeness (QED) is 0.286. The molecule has 9 heteroatoms. The van der Waals surface area contributed by atoms with Crippen molar-refractivity contribution in [2.45, 2.75) is 6.42 Å². The molecule has 0 fully saturated rings. The molecule has 0 saturated heterocycles. The van der Waals surface area contributed by atoms with Crippen LogP contribution in [-0.4, -0.2) is 26.7 Å². The van der Waals surface area contributed by atoms with Crippen LogP contribution in [0, 0.1) is 17.5 Å². The molecule has 5 nitrogen and oxygen atoms in total. The zero-order chi connectivity index (χ0) is 18.4. The number of hydrogen-bond acceptors (Lipinski definition) is 3. The normalized spacial score (nSPS) is 10.9. The Labute approximate surface area is 166 Å². The Balaban J connectivity index is 0.00000338. The fourth-order valence-corrected chi connectivity index (χ4v) is 2.15. The van der Waals surface area contributed by atoms with Crippen molar-refractivity contribution in [3.63, 3.8) is 0 Å². The third-order valence-corrected chi connectivity index (χ3v) is 3.40. The molecule has 0 heterocycles. The van der Waals surface area contributed by atoms with Gasteiger partial charge in [0.25, 0.3) is 0 Å². The lowest BCUT2D eigenvalue weighted by molar-refractivity contribution is 0.405. The highest BCUT2D eigenvalue weighted by Crippen LogP contribution is 2.28. The number of nitrogens with zero attached hydrogens (tertiary/aromatic N) is 1. The highest BCUT2D eigenvalue weighted by atomic mass is 127. The highest BCUT2D eigenvalue weighted by Gasteiger charge is 2.10. The molecular formula is C17H19F3IN3O2. The number of rotatable bonds is 6. The Bertz CT molecular complexity index is 765. The van der Waals surface area contributed by atoms with Gasteiger partial charge in [0.1, 0.15) is 11.5 Å². The first-order valence-corrected chi connectivity index (χ1v) is 7.37. The van der Waals surface area contributed by atoms with Crippen LogP contribution in [-0.2, 0) is 6.42 Å². The summed E-state index contributed by atoms with van der Waals surface area (Å²) in [4.78, 5) is 4.08. The molecule has 3 N–H and O–H groups in total. The topological polar surface area (TPSA) is 68.9 Å². The number of hydrogen-bond donors (Lipinski definition) is 2. The van der Waals surface area contributed by atoms with Crippen LogP contribution in [0.25, 0.3) is 0 Å². The van der Waals surface area contributed by atoms with E-state index in [0.717, 1.165) is 12.1 Å². The highest BCUT2D eigenvalue weighted by molar-refractivity contribution is 14.0. The fraction of sp³-hybridized carbons (Fsp3) is 0.235. The van der Waals surface area contributed by atoms with E-state index < -0.39 is 17.5 Å². The monoisotopic (exact) mass is 481 g/mol. The first kappa shape index (κ1) is 21.9. The molecule has 142 valence electrons. The largest absolute Gasteiger partial charge is 0.497 e. The SMILES string of the molecule is COc1ccc(OC)c(NC(N)=NCCc2cc(F)c(F)c(F)c2)c1.I. The molecule has 0 atom stereocenters. The maximum atomic E-state index is 13.2. The Hall–Kier alpha value is -2.17. The van der Waals surface area contributed by atoms with Gasteiger partial charge in [0.05, 0.1) is 19.9 Å². The van der Waals surface area contributed by atoms with Crippen LogP contribution in [0.5, 0.6) is 11.5 Å². The smallest absolute Gasteiger partial charge is 0.194 e. The van der Waals surface area contributed by atoms with Crippen molar-refractivity contribution in [2.24, 2.45) is 10.7 Å². The first-order chi connectivity index (χ1) is 11.9. The summed E-state index contributed by atoms with van der Waals surface area (Å²) in [7, 11) is 3.04. The molecule has 2 rings (SSSR count). The average Bonchev–Trinajstić information content (AvgIpc) is 2.59. The third kappa shape index (κ3) is 5.68. The molecule has 2 aromatic carbocycles. The van der Waals surface area contributed by atoms with Crippen molar-refractivity contribution in [1.29, 1.82) is 0 Å². The summed E-state index contributed by atoms with van der Waals surface area (Å²) >= 11 is 0. The van der Waals surface area contributed by atoms with Gasteiger partial charge in [0.2, 0.25) is 0 Å². The number of halogens is 4. The van der Waals surface area contributed by atoms with Crippen molar-refractivity contribution in [2.75, 3.05) is 26.1 Å². The molecular weight excluding hydrogens is 462 g/mol. The number of anilines is 1. The van der Waals surface area contributed by atoms with E-state index in [4.69, 9.17) is 15.2 Å². The minimum absolute atomic E-state index is 0. The summed E-state index contributed by atoms with van der Waals surface area (Å²) in [5.41, 5.74) is 6.64. The molecule has 2 aromatic rings. The lowest BCUT2D eigenvalue weighted by Gasteiger charge is -2.12. The van der Waals surface area contributed by atoms with Crippen LogP contribution < -0.4 is 20.5 Å². The predicted octanol–water partition coefficient (Wildman–Crippen LogP) is 3.71. The summed E-state index contributed by atoms with van der Waals surface area (Å²) in [6.45, 7) is 0.162. The van der Waals surface area contributed by atoms with E-state index >= 15 is 0 Å². The molecule has 0 aliphatic heterocycles. The Kier molecular flexibility index (Phi) is 8.49. The molecule has 0 bridgehead atoms. The van der Waals surface area contributed by atoms with Gasteiger partial charge in [-0.25, -0.2) is 13.2 Å². The molecule has 0 radical (unpaired) electrons. The maximum absolute atomic E-state index is 13.2. The van der Waals surface area contributed by atoms with Gasteiger partial charge >= 0.3 is 0 Å². The summed E-state index contributed by atoms with van der Waals surface area (Å²) in [6, 6.07) is 6.99. The lowest BCUT2D eigenvalue weighted by Crippen LogP contribution is -2.23. The molecule has 0 spiro atoms. The number of benzene rings is 2. The molecule has 0 amide bonds. The van der Waals surface area contributed by atoms with Gasteiger partial charge < -0.3 is 20.5 Å². The Morgan fingerprint density at radius 3 is 2.31 bits per heavy atom. The minimum atomic E-state index is -1.49. The Morgan fingerprint density at radius 1 is 1.08 bits per heavy atom. The zero-order valence-corrected chi connectivity index (χ0v) is 16.5. The average molecular weight is 481 g/mol. The summed E-state index contributed by atoms with van der Waals surface area (Å²) in [5, 5.41) is 2.87. The maximum Gasteiger partial charge on any atom is 0.194 e. The van der Waals surface area contributed by atoms with Gasteiger partial charge in [0.15, 0.2) is 23.4 Å². The van der Waals surface area contributed by atoms with Crippen LogP contribution in [0.2, 0.25) is 0 Å². The Morgan fingerprint density at radius 2 is 1.73 bits per heavy atom. The van der Waals surface area contributed by atoms with Crippen LogP contribution in [0.15, 0.2) is 35.3 Å². The summed E-state index contributed by atoms with van der Waals surface area (Å²) in [6.07, 6.45) is 0.200. The van der Waals surface area contributed by atoms with Crippen LogP contribution in [0.3, 0.4) is 0 Å². The first-order valence-electron chi connectivity index (χ1n) is 7.37. The van der Waals surface area contributed by atoms with Crippen molar-refractivity contribution >= 4 is 35.6 Å². The summed E-state index contributed by atoms with van der Waals surface area (Å²) in [5.74, 6) is -2.71. The van der Waals surface area contributed by atoms with Gasteiger partial charge in [-0.3, -0.25) is 4.99 Å². The lowest BCUT2D eigenvalue weighted by atomic mass is 10.1. The van der Waals surface area contributed by atoms with Gasteiger partial charge in [-0.05, 0) is 36.2 Å². The number of ether oxygens (including phenoxy) is 2. The van der Waals surface area contributed by atoms with E-state index in [1.807, 2.05) is 0 Å². The van der Waals surface area contributed by atoms with E-state index in [2.05, 4.69) is 10.3 Å². The minimum Gasteiger partial charge on any atom is -0.497 e. The van der Waals surface area contributed by atoms with E-state index in [0.29, 0.717) is 17.2 Å². The fourth-order valence-electron chi connectivity index (χ4n) is 2.15. The summed E-state index contributed by atoms with van der Waals surface area (Å²) < 4.78 is 49.6. The van der Waals surface area contributed by atoms with Gasteiger partial charge in [-0.15, -0.1) is 24.0 Å². The van der Waals surface area contributed by atoms with Crippen LogP contribution in [0.4, 0.5) is 18.9 Å².